The van der Waals surface area contributed by atoms with E-state index >= 15 is 0 Å². The summed E-state index contributed by atoms with van der Waals surface area (Å²) in [4.78, 5) is 85.4. The van der Waals surface area contributed by atoms with Gasteiger partial charge >= 0.3 is 23.9 Å². The highest BCUT2D eigenvalue weighted by Crippen LogP contribution is 2.19. The summed E-state index contributed by atoms with van der Waals surface area (Å²) < 4.78 is 19.7. The zero-order valence-electron chi connectivity index (χ0n) is 24.0. The van der Waals surface area contributed by atoms with Crippen LogP contribution in [-0.4, -0.2) is 108 Å². The van der Waals surface area contributed by atoms with Crippen LogP contribution < -0.4 is 0 Å². The van der Waals surface area contributed by atoms with E-state index in [9.17, 15) is 28.8 Å². The molecule has 0 aromatic carbocycles. The third kappa shape index (κ3) is 10.3. The summed E-state index contributed by atoms with van der Waals surface area (Å²) in [5, 5.41) is 0. The molecule has 2 aromatic rings. The Hall–Kier alpha value is -4.88. The van der Waals surface area contributed by atoms with Crippen LogP contribution in [0.2, 0.25) is 0 Å². The van der Waals surface area contributed by atoms with Crippen molar-refractivity contribution in [2.75, 3.05) is 52.6 Å². The molecule has 0 saturated heterocycles. The summed E-state index contributed by atoms with van der Waals surface area (Å²) in [6.45, 7) is 4.90. The summed E-state index contributed by atoms with van der Waals surface area (Å²) >= 11 is 0. The summed E-state index contributed by atoms with van der Waals surface area (Å²) in [5.41, 5.74) is 0.562. The molecule has 2 amide bonds. The van der Waals surface area contributed by atoms with Crippen LogP contribution in [-0.2, 0) is 38.1 Å². The van der Waals surface area contributed by atoms with Gasteiger partial charge in [0.05, 0.1) is 37.8 Å². The van der Waals surface area contributed by atoms with Crippen LogP contribution >= 0.6 is 0 Å². The Labute approximate surface area is 242 Å². The minimum absolute atomic E-state index is 0.0818. The molecule has 0 bridgehead atoms. The third-order valence-electron chi connectivity index (χ3n) is 5.35. The SMILES string of the molecule is CCOC(=O)CN(CC(=O)OCC)C(=O)c1ccnc(-c2cc(C(=O)N(CC(=O)OCC)CC(=O)OCC)ccn2)c1. The van der Waals surface area contributed by atoms with Crippen molar-refractivity contribution in [3.63, 3.8) is 0 Å². The van der Waals surface area contributed by atoms with Crippen LogP contribution in [0.3, 0.4) is 0 Å². The van der Waals surface area contributed by atoms with E-state index in [4.69, 9.17) is 18.9 Å². The molecule has 2 rings (SSSR count). The van der Waals surface area contributed by atoms with Crippen molar-refractivity contribution in [2.24, 2.45) is 0 Å². The lowest BCUT2D eigenvalue weighted by Gasteiger charge is -2.21. The monoisotopic (exact) mass is 586 g/mol. The van der Waals surface area contributed by atoms with E-state index in [0.717, 1.165) is 9.80 Å². The fourth-order valence-corrected chi connectivity index (χ4v) is 3.62. The van der Waals surface area contributed by atoms with Crippen LogP contribution in [0.25, 0.3) is 11.4 Å². The van der Waals surface area contributed by atoms with Gasteiger partial charge in [0.1, 0.15) is 26.2 Å². The molecule has 14 heteroatoms. The topological polar surface area (TPSA) is 172 Å². The average molecular weight is 587 g/mol. The molecule has 0 saturated carbocycles. The summed E-state index contributed by atoms with van der Waals surface area (Å²) in [7, 11) is 0. The molecule has 0 aliphatic heterocycles. The van der Waals surface area contributed by atoms with Gasteiger partial charge in [-0.15, -0.1) is 0 Å². The first-order valence-corrected chi connectivity index (χ1v) is 13.3. The number of hydrogen-bond donors (Lipinski definition) is 0. The molecular formula is C28H34N4O10. The maximum absolute atomic E-state index is 13.3. The average Bonchev–Trinajstić information content (AvgIpc) is 2.96. The zero-order valence-corrected chi connectivity index (χ0v) is 24.0. The lowest BCUT2D eigenvalue weighted by Crippen LogP contribution is -2.40. The van der Waals surface area contributed by atoms with Gasteiger partial charge in [-0.25, -0.2) is 0 Å². The molecule has 0 aliphatic carbocycles. The van der Waals surface area contributed by atoms with Gasteiger partial charge in [-0.05, 0) is 52.0 Å². The molecule has 0 atom stereocenters. The smallest absolute Gasteiger partial charge is 0.325 e. The van der Waals surface area contributed by atoms with E-state index in [2.05, 4.69) is 9.97 Å². The molecule has 226 valence electrons. The number of carbonyl (C=O) groups excluding carboxylic acids is 6. The molecule has 2 heterocycles. The van der Waals surface area contributed by atoms with Crippen molar-refractivity contribution in [1.82, 2.24) is 19.8 Å². The standard InChI is InChI=1S/C28H34N4O10/c1-5-39-23(33)15-31(16-24(34)40-6-2)27(37)19-9-11-29-21(13-19)22-14-20(10-12-30-22)28(38)32(17-25(35)41-7-3)18-26(36)42-8-4/h9-14H,5-8,15-18H2,1-4H3. The van der Waals surface area contributed by atoms with Crippen LogP contribution in [0.15, 0.2) is 36.7 Å². The molecule has 42 heavy (non-hydrogen) atoms. The van der Waals surface area contributed by atoms with Gasteiger partial charge in [-0.1, -0.05) is 0 Å². The molecule has 0 spiro atoms. The Morgan fingerprint density at radius 2 is 0.833 bits per heavy atom. The number of esters is 4. The van der Waals surface area contributed by atoms with Gasteiger partial charge in [0.2, 0.25) is 0 Å². The van der Waals surface area contributed by atoms with E-state index in [1.807, 2.05) is 0 Å². The fraction of sp³-hybridized carbons (Fsp3) is 0.429. The van der Waals surface area contributed by atoms with Gasteiger partial charge in [0.25, 0.3) is 11.8 Å². The van der Waals surface area contributed by atoms with E-state index in [0.29, 0.717) is 0 Å². The van der Waals surface area contributed by atoms with Crippen molar-refractivity contribution in [1.29, 1.82) is 0 Å². The maximum atomic E-state index is 13.3. The number of hydrogen-bond acceptors (Lipinski definition) is 12. The number of ether oxygens (including phenoxy) is 4. The molecule has 0 N–H and O–H groups in total. The second-order valence-electron chi connectivity index (χ2n) is 8.40. The number of aromatic nitrogens is 2. The molecule has 2 aromatic heterocycles. The fourth-order valence-electron chi connectivity index (χ4n) is 3.62. The van der Waals surface area contributed by atoms with Crippen LogP contribution in [0.4, 0.5) is 0 Å². The van der Waals surface area contributed by atoms with E-state index < -0.39 is 61.9 Å². The Bertz CT molecular complexity index is 1150. The highest BCUT2D eigenvalue weighted by Gasteiger charge is 2.25. The molecule has 0 radical (unpaired) electrons. The number of carbonyl (C=O) groups is 6. The number of pyridine rings is 2. The van der Waals surface area contributed by atoms with Crippen molar-refractivity contribution < 1.29 is 47.7 Å². The van der Waals surface area contributed by atoms with Gasteiger partial charge < -0.3 is 28.7 Å². The van der Waals surface area contributed by atoms with E-state index in [-0.39, 0.29) is 48.9 Å². The number of amides is 2. The van der Waals surface area contributed by atoms with E-state index in [1.54, 1.807) is 27.7 Å². The number of rotatable bonds is 15. The molecular weight excluding hydrogens is 552 g/mol. The largest absolute Gasteiger partial charge is 0.465 e. The second kappa shape index (κ2) is 17.0. The van der Waals surface area contributed by atoms with Crippen molar-refractivity contribution in [3.8, 4) is 11.4 Å². The van der Waals surface area contributed by atoms with Gasteiger partial charge in [0, 0.05) is 23.5 Å². The first kappa shape index (κ1) is 33.3. The predicted octanol–water partition coefficient (Wildman–Crippen LogP) is 1.28. The lowest BCUT2D eigenvalue weighted by atomic mass is 10.1. The first-order valence-electron chi connectivity index (χ1n) is 13.3. The lowest BCUT2D eigenvalue weighted by molar-refractivity contribution is -0.148. The highest BCUT2D eigenvalue weighted by atomic mass is 16.5. The summed E-state index contributed by atoms with van der Waals surface area (Å²) in [6.07, 6.45) is 2.67. The quantitative estimate of drug-likeness (QED) is 0.217. The van der Waals surface area contributed by atoms with Gasteiger partial charge in [-0.2, -0.15) is 0 Å². The van der Waals surface area contributed by atoms with Gasteiger partial charge in [-0.3, -0.25) is 38.7 Å². The second-order valence-corrected chi connectivity index (χ2v) is 8.40. The first-order chi connectivity index (χ1) is 20.1. The Morgan fingerprint density at radius 1 is 0.548 bits per heavy atom. The Morgan fingerprint density at radius 3 is 1.10 bits per heavy atom. The molecule has 0 unspecified atom stereocenters. The minimum Gasteiger partial charge on any atom is -0.465 e. The van der Waals surface area contributed by atoms with Crippen LogP contribution in [0.5, 0.6) is 0 Å². The van der Waals surface area contributed by atoms with Crippen molar-refractivity contribution in [3.05, 3.63) is 47.8 Å². The van der Waals surface area contributed by atoms with Crippen molar-refractivity contribution >= 4 is 35.7 Å². The maximum Gasteiger partial charge on any atom is 0.325 e. The summed E-state index contributed by atoms with van der Waals surface area (Å²) in [5.74, 6) is -4.14. The normalized spacial score (nSPS) is 10.3. The van der Waals surface area contributed by atoms with Crippen LogP contribution in [0.1, 0.15) is 48.4 Å². The zero-order chi connectivity index (χ0) is 31.1. The third-order valence-corrected chi connectivity index (χ3v) is 5.35. The van der Waals surface area contributed by atoms with E-state index in [1.165, 1.54) is 36.7 Å². The summed E-state index contributed by atoms with van der Waals surface area (Å²) in [6, 6.07) is 5.56. The van der Waals surface area contributed by atoms with Gasteiger partial charge in [0.15, 0.2) is 0 Å². The van der Waals surface area contributed by atoms with Crippen molar-refractivity contribution in [2.45, 2.75) is 27.7 Å². The molecule has 0 aliphatic rings. The number of nitrogens with zero attached hydrogens (tertiary/aromatic N) is 4. The highest BCUT2D eigenvalue weighted by molar-refractivity contribution is 5.99. The minimum atomic E-state index is -0.701. The Kier molecular flexibility index (Phi) is 13.5. The van der Waals surface area contributed by atoms with Crippen LogP contribution in [0, 0.1) is 0 Å². The predicted molar refractivity (Wildman–Crippen MR) is 146 cm³/mol. The Balaban J connectivity index is 2.36. The molecule has 14 nitrogen and oxygen atoms in total. The molecule has 0 fully saturated rings.